The van der Waals surface area contributed by atoms with Crippen molar-refractivity contribution >= 4 is 23.5 Å². The Hall–Kier alpha value is -3.15. The third-order valence-electron chi connectivity index (χ3n) is 6.56. The first-order valence-corrected chi connectivity index (χ1v) is 11.3. The second-order valence-electron chi connectivity index (χ2n) is 9.10. The van der Waals surface area contributed by atoms with Gasteiger partial charge in [-0.25, -0.2) is 4.79 Å². The van der Waals surface area contributed by atoms with Gasteiger partial charge in [0.25, 0.3) is 5.91 Å². The molecule has 0 bridgehead atoms. The van der Waals surface area contributed by atoms with Gasteiger partial charge in [-0.1, -0.05) is 43.7 Å². The van der Waals surface area contributed by atoms with Crippen molar-refractivity contribution in [3.8, 4) is 0 Å². The lowest BCUT2D eigenvalue weighted by atomic mass is 9.88. The van der Waals surface area contributed by atoms with E-state index in [0.717, 1.165) is 16.8 Å². The molecule has 0 spiro atoms. The number of carbonyl (C=O) groups excluding carboxylic acids is 3. The number of benzene rings is 2. The number of ether oxygens (including phenoxy) is 1. The standard InChI is InChI=1S/C26H30N2O4/c1-17(2)23-16-32-26(31)28(23)22-10-8-21(9-11-22)25(30)27-14-12-20(13-15-27)24(29)19-6-4-18(3)5-7-19/h4-11,17,20,23H,12-16H2,1-3H3. The second-order valence-corrected chi connectivity index (χ2v) is 9.10. The van der Waals surface area contributed by atoms with Crippen molar-refractivity contribution in [3.05, 3.63) is 65.2 Å². The summed E-state index contributed by atoms with van der Waals surface area (Å²) in [5.74, 6) is 0.353. The predicted octanol–water partition coefficient (Wildman–Crippen LogP) is 4.71. The molecule has 2 aliphatic heterocycles. The Morgan fingerprint density at radius 3 is 2.12 bits per heavy atom. The van der Waals surface area contributed by atoms with Crippen LogP contribution in [0.25, 0.3) is 0 Å². The number of anilines is 1. The van der Waals surface area contributed by atoms with Crippen LogP contribution in [0.15, 0.2) is 48.5 Å². The first-order chi connectivity index (χ1) is 15.3. The van der Waals surface area contributed by atoms with E-state index in [9.17, 15) is 14.4 Å². The molecule has 168 valence electrons. The van der Waals surface area contributed by atoms with Crippen LogP contribution in [0.5, 0.6) is 0 Å². The van der Waals surface area contributed by atoms with Crippen molar-refractivity contribution in [3.63, 3.8) is 0 Å². The molecular formula is C26H30N2O4. The molecule has 2 aromatic carbocycles. The molecule has 6 nitrogen and oxygen atoms in total. The van der Waals surface area contributed by atoms with E-state index in [4.69, 9.17) is 4.74 Å². The minimum Gasteiger partial charge on any atom is -0.447 e. The summed E-state index contributed by atoms with van der Waals surface area (Å²) in [6, 6.07) is 14.8. The highest BCUT2D eigenvalue weighted by atomic mass is 16.6. The maximum absolute atomic E-state index is 13.0. The molecule has 2 heterocycles. The lowest BCUT2D eigenvalue weighted by Gasteiger charge is -2.31. The molecule has 2 saturated heterocycles. The van der Waals surface area contributed by atoms with Gasteiger partial charge >= 0.3 is 6.09 Å². The topological polar surface area (TPSA) is 66.9 Å². The zero-order valence-corrected chi connectivity index (χ0v) is 18.9. The fourth-order valence-electron chi connectivity index (χ4n) is 4.47. The summed E-state index contributed by atoms with van der Waals surface area (Å²) in [5.41, 5.74) is 3.21. The number of ketones is 1. The summed E-state index contributed by atoms with van der Waals surface area (Å²) < 4.78 is 5.22. The number of piperidine rings is 1. The normalized spacial score (nSPS) is 19.4. The molecule has 0 saturated carbocycles. The van der Waals surface area contributed by atoms with Crippen LogP contribution >= 0.6 is 0 Å². The van der Waals surface area contributed by atoms with Gasteiger partial charge in [-0.3, -0.25) is 14.5 Å². The van der Waals surface area contributed by atoms with Crippen LogP contribution in [0.3, 0.4) is 0 Å². The molecule has 1 unspecified atom stereocenters. The number of hydrogen-bond acceptors (Lipinski definition) is 4. The second kappa shape index (κ2) is 9.15. The number of Topliss-reactive ketones (excluding diaryl/α,β-unsaturated/α-hetero) is 1. The van der Waals surface area contributed by atoms with Gasteiger partial charge in [0, 0.05) is 35.8 Å². The highest BCUT2D eigenvalue weighted by Crippen LogP contribution is 2.28. The summed E-state index contributed by atoms with van der Waals surface area (Å²) in [6.45, 7) is 7.64. The molecule has 2 aromatic rings. The zero-order chi connectivity index (χ0) is 22.8. The molecule has 1 atom stereocenters. The molecule has 0 aromatic heterocycles. The Balaban J connectivity index is 1.37. The molecule has 2 amide bonds. The molecule has 0 aliphatic carbocycles. The summed E-state index contributed by atoms with van der Waals surface area (Å²) in [6.07, 6.45) is 1.00. The molecule has 2 aliphatic rings. The van der Waals surface area contributed by atoms with Crippen molar-refractivity contribution in [2.45, 2.75) is 39.7 Å². The van der Waals surface area contributed by atoms with Crippen LogP contribution in [0.2, 0.25) is 0 Å². The maximum atomic E-state index is 13.0. The number of amides is 2. The lowest BCUT2D eigenvalue weighted by Crippen LogP contribution is -2.40. The quantitative estimate of drug-likeness (QED) is 0.639. The van der Waals surface area contributed by atoms with E-state index >= 15 is 0 Å². The van der Waals surface area contributed by atoms with Crippen LogP contribution in [0.1, 0.15) is 53.0 Å². The Morgan fingerprint density at radius 2 is 1.53 bits per heavy atom. The summed E-state index contributed by atoms with van der Waals surface area (Å²) >= 11 is 0. The van der Waals surface area contributed by atoms with Crippen molar-refractivity contribution < 1.29 is 19.1 Å². The van der Waals surface area contributed by atoms with Gasteiger partial charge in [0.15, 0.2) is 5.78 Å². The summed E-state index contributed by atoms with van der Waals surface area (Å²) in [5, 5.41) is 0. The third-order valence-corrected chi connectivity index (χ3v) is 6.56. The fraction of sp³-hybridized carbons (Fsp3) is 0.423. The SMILES string of the molecule is Cc1ccc(C(=O)C2CCN(C(=O)c3ccc(N4C(=O)OCC4C(C)C)cc3)CC2)cc1. The van der Waals surface area contributed by atoms with Crippen LogP contribution in [-0.2, 0) is 4.74 Å². The Bertz CT molecular complexity index is 989. The van der Waals surface area contributed by atoms with Gasteiger partial charge in [0.05, 0.1) is 6.04 Å². The predicted molar refractivity (Wildman–Crippen MR) is 123 cm³/mol. The van der Waals surface area contributed by atoms with Crippen LogP contribution in [-0.4, -0.2) is 48.4 Å². The molecule has 2 fully saturated rings. The first-order valence-electron chi connectivity index (χ1n) is 11.3. The molecule has 6 heteroatoms. The third kappa shape index (κ3) is 4.40. The first kappa shape index (κ1) is 22.1. The Labute approximate surface area is 189 Å². The average Bonchev–Trinajstić information content (AvgIpc) is 3.20. The van der Waals surface area contributed by atoms with Crippen LogP contribution < -0.4 is 4.90 Å². The number of carbonyl (C=O) groups is 3. The zero-order valence-electron chi connectivity index (χ0n) is 18.9. The number of hydrogen-bond donors (Lipinski definition) is 0. The Morgan fingerprint density at radius 1 is 0.938 bits per heavy atom. The molecule has 4 rings (SSSR count). The fourth-order valence-corrected chi connectivity index (χ4v) is 4.47. The van der Waals surface area contributed by atoms with Gasteiger partial charge < -0.3 is 9.64 Å². The van der Waals surface area contributed by atoms with Gasteiger partial charge in [0.1, 0.15) is 6.61 Å². The molecular weight excluding hydrogens is 404 g/mol. The smallest absolute Gasteiger partial charge is 0.414 e. The van der Waals surface area contributed by atoms with E-state index in [0.29, 0.717) is 38.1 Å². The summed E-state index contributed by atoms with van der Waals surface area (Å²) in [4.78, 5) is 41.4. The van der Waals surface area contributed by atoms with E-state index in [1.165, 1.54) is 0 Å². The highest BCUT2D eigenvalue weighted by Gasteiger charge is 2.36. The molecule has 32 heavy (non-hydrogen) atoms. The number of cyclic esters (lactones) is 1. The highest BCUT2D eigenvalue weighted by molar-refractivity contribution is 5.99. The van der Waals surface area contributed by atoms with Crippen molar-refractivity contribution in [1.29, 1.82) is 0 Å². The summed E-state index contributed by atoms with van der Waals surface area (Å²) in [7, 11) is 0. The average molecular weight is 435 g/mol. The van der Waals surface area contributed by atoms with Crippen LogP contribution in [0, 0.1) is 18.8 Å². The van der Waals surface area contributed by atoms with E-state index in [1.807, 2.05) is 48.2 Å². The van der Waals surface area contributed by atoms with Gasteiger partial charge in [-0.2, -0.15) is 0 Å². The maximum Gasteiger partial charge on any atom is 0.414 e. The number of rotatable bonds is 5. The van der Waals surface area contributed by atoms with E-state index in [-0.39, 0.29) is 35.7 Å². The van der Waals surface area contributed by atoms with Crippen LogP contribution in [0.4, 0.5) is 10.5 Å². The monoisotopic (exact) mass is 434 g/mol. The number of aryl methyl sites for hydroxylation is 1. The van der Waals surface area contributed by atoms with Gasteiger partial charge in [-0.05, 0) is 49.9 Å². The lowest BCUT2D eigenvalue weighted by molar-refractivity contribution is 0.0650. The van der Waals surface area contributed by atoms with E-state index < -0.39 is 0 Å². The minimum absolute atomic E-state index is 0.00542. The number of likely N-dealkylation sites (tertiary alicyclic amines) is 1. The van der Waals surface area contributed by atoms with E-state index in [1.54, 1.807) is 17.0 Å². The van der Waals surface area contributed by atoms with Gasteiger partial charge in [0.2, 0.25) is 0 Å². The Kier molecular flexibility index (Phi) is 6.31. The van der Waals surface area contributed by atoms with Crippen molar-refractivity contribution in [2.75, 3.05) is 24.6 Å². The minimum atomic E-state index is -0.344. The largest absolute Gasteiger partial charge is 0.447 e. The van der Waals surface area contributed by atoms with Crippen molar-refractivity contribution in [1.82, 2.24) is 4.90 Å². The molecule has 0 radical (unpaired) electrons. The number of nitrogens with zero attached hydrogens (tertiary/aromatic N) is 2. The molecule has 0 N–H and O–H groups in total. The van der Waals surface area contributed by atoms with E-state index in [2.05, 4.69) is 13.8 Å². The van der Waals surface area contributed by atoms with Crippen molar-refractivity contribution in [2.24, 2.45) is 11.8 Å². The van der Waals surface area contributed by atoms with Gasteiger partial charge in [-0.15, -0.1) is 0 Å².